The van der Waals surface area contributed by atoms with Crippen molar-refractivity contribution in [2.24, 2.45) is 0 Å². The highest BCUT2D eigenvalue weighted by molar-refractivity contribution is 7.13. The molecule has 0 saturated heterocycles. The molecule has 1 aromatic heterocycles. The number of carbonyl (C=O) groups is 1. The third kappa shape index (κ3) is 3.01. The van der Waals surface area contributed by atoms with Crippen molar-refractivity contribution in [3.8, 4) is 0 Å². The molecule has 100 valence electrons. The third-order valence-electron chi connectivity index (χ3n) is 3.20. The molecule has 0 atom stereocenters. The van der Waals surface area contributed by atoms with E-state index >= 15 is 0 Å². The molecule has 0 aliphatic rings. The average Bonchev–Trinajstić information content (AvgIpc) is 2.73. The van der Waals surface area contributed by atoms with E-state index < -0.39 is 0 Å². The standard InChI is InChI=1S/C15H18N2OS/c1-9-6-5-7-13(10(9)2)16-8-14-17-11(3)15(19-14)12(4)18/h5-7,16H,8H2,1-4H3. The quantitative estimate of drug-likeness (QED) is 0.860. The Hall–Kier alpha value is -1.68. The first-order valence-corrected chi connectivity index (χ1v) is 7.08. The molecule has 0 spiro atoms. The molecule has 0 amide bonds. The number of Topliss-reactive ketones (excluding diaryl/α,β-unsaturated/α-hetero) is 1. The lowest BCUT2D eigenvalue weighted by Crippen LogP contribution is -2.01. The van der Waals surface area contributed by atoms with Crippen LogP contribution in [0.5, 0.6) is 0 Å². The highest BCUT2D eigenvalue weighted by Crippen LogP contribution is 2.22. The molecule has 0 aliphatic carbocycles. The highest BCUT2D eigenvalue weighted by Gasteiger charge is 2.11. The molecule has 19 heavy (non-hydrogen) atoms. The normalized spacial score (nSPS) is 10.5. The van der Waals surface area contributed by atoms with E-state index in [1.807, 2.05) is 13.0 Å². The van der Waals surface area contributed by atoms with E-state index in [2.05, 4.69) is 36.3 Å². The van der Waals surface area contributed by atoms with Crippen LogP contribution in [0.25, 0.3) is 0 Å². The van der Waals surface area contributed by atoms with E-state index in [1.165, 1.54) is 22.5 Å². The number of nitrogens with zero attached hydrogens (tertiary/aromatic N) is 1. The van der Waals surface area contributed by atoms with Crippen LogP contribution in [0.1, 0.15) is 38.4 Å². The number of hydrogen-bond acceptors (Lipinski definition) is 4. The predicted octanol–water partition coefficient (Wildman–Crippen LogP) is 3.88. The molecule has 1 aromatic carbocycles. The van der Waals surface area contributed by atoms with Crippen LogP contribution in [0.4, 0.5) is 5.69 Å². The lowest BCUT2D eigenvalue weighted by atomic mass is 10.1. The van der Waals surface area contributed by atoms with E-state index in [0.717, 1.165) is 21.3 Å². The minimum atomic E-state index is 0.0907. The first-order valence-electron chi connectivity index (χ1n) is 6.26. The monoisotopic (exact) mass is 274 g/mol. The second-order valence-corrected chi connectivity index (χ2v) is 5.76. The van der Waals surface area contributed by atoms with Gasteiger partial charge < -0.3 is 5.32 Å². The third-order valence-corrected chi connectivity index (χ3v) is 4.45. The summed E-state index contributed by atoms with van der Waals surface area (Å²) in [7, 11) is 0. The number of hydrogen-bond donors (Lipinski definition) is 1. The lowest BCUT2D eigenvalue weighted by Gasteiger charge is -2.09. The Bertz CT molecular complexity index is 617. The van der Waals surface area contributed by atoms with Crippen molar-refractivity contribution in [2.75, 3.05) is 5.32 Å². The van der Waals surface area contributed by atoms with Crippen molar-refractivity contribution in [1.29, 1.82) is 0 Å². The summed E-state index contributed by atoms with van der Waals surface area (Å²) < 4.78 is 0. The number of carbonyl (C=O) groups excluding carboxylic acids is 1. The number of ketones is 1. The van der Waals surface area contributed by atoms with Crippen molar-refractivity contribution >= 4 is 22.8 Å². The molecule has 0 radical (unpaired) electrons. The lowest BCUT2D eigenvalue weighted by molar-refractivity contribution is 0.102. The second-order valence-electron chi connectivity index (χ2n) is 4.68. The van der Waals surface area contributed by atoms with E-state index in [9.17, 15) is 4.79 Å². The molecule has 0 aliphatic heterocycles. The zero-order chi connectivity index (χ0) is 14.0. The molecule has 0 bridgehead atoms. The second kappa shape index (κ2) is 5.53. The minimum Gasteiger partial charge on any atom is -0.378 e. The van der Waals surface area contributed by atoms with Crippen LogP contribution < -0.4 is 5.32 Å². The molecule has 0 fully saturated rings. The zero-order valence-electron chi connectivity index (χ0n) is 11.7. The van der Waals surface area contributed by atoms with Crippen molar-refractivity contribution in [3.63, 3.8) is 0 Å². The summed E-state index contributed by atoms with van der Waals surface area (Å²) >= 11 is 1.47. The molecule has 0 saturated carbocycles. The summed E-state index contributed by atoms with van der Waals surface area (Å²) in [6, 6.07) is 6.20. The fourth-order valence-electron chi connectivity index (χ4n) is 1.97. The Morgan fingerprint density at radius 3 is 2.68 bits per heavy atom. The predicted molar refractivity (Wildman–Crippen MR) is 80.1 cm³/mol. The van der Waals surface area contributed by atoms with Crippen molar-refractivity contribution in [3.05, 3.63) is 44.9 Å². The van der Waals surface area contributed by atoms with Gasteiger partial charge in [0.2, 0.25) is 0 Å². The first-order chi connectivity index (χ1) is 8.99. The van der Waals surface area contributed by atoms with Crippen molar-refractivity contribution in [2.45, 2.75) is 34.2 Å². The largest absolute Gasteiger partial charge is 0.378 e. The molecular formula is C15H18N2OS. The van der Waals surface area contributed by atoms with Gasteiger partial charge in [-0.3, -0.25) is 4.79 Å². The number of anilines is 1. The highest BCUT2D eigenvalue weighted by atomic mass is 32.1. The van der Waals surface area contributed by atoms with Crippen LogP contribution in [0.15, 0.2) is 18.2 Å². The molecule has 0 unspecified atom stereocenters. The van der Waals surface area contributed by atoms with E-state index in [-0.39, 0.29) is 5.78 Å². The maximum atomic E-state index is 11.4. The smallest absolute Gasteiger partial charge is 0.171 e. The Labute approximate surface area is 117 Å². The van der Waals surface area contributed by atoms with E-state index in [1.54, 1.807) is 6.92 Å². The van der Waals surface area contributed by atoms with Crippen LogP contribution in [-0.2, 0) is 6.54 Å². The van der Waals surface area contributed by atoms with Crippen LogP contribution in [0.2, 0.25) is 0 Å². The van der Waals surface area contributed by atoms with Gasteiger partial charge in [0.1, 0.15) is 5.01 Å². The summed E-state index contributed by atoms with van der Waals surface area (Å²) in [5, 5.41) is 4.33. The molecule has 2 rings (SSSR count). The number of aromatic nitrogens is 1. The summed E-state index contributed by atoms with van der Waals surface area (Å²) in [4.78, 5) is 16.6. The maximum Gasteiger partial charge on any atom is 0.171 e. The Morgan fingerprint density at radius 2 is 2.05 bits per heavy atom. The zero-order valence-corrected chi connectivity index (χ0v) is 12.5. The Balaban J connectivity index is 2.13. The van der Waals surface area contributed by atoms with Crippen LogP contribution in [-0.4, -0.2) is 10.8 Å². The SMILES string of the molecule is CC(=O)c1sc(CNc2cccc(C)c2C)nc1C. The van der Waals surface area contributed by atoms with Gasteiger partial charge in [0.05, 0.1) is 17.1 Å². The summed E-state index contributed by atoms with van der Waals surface area (Å²) in [5.74, 6) is 0.0907. The molecule has 1 N–H and O–H groups in total. The number of thiazole rings is 1. The van der Waals surface area contributed by atoms with Crippen LogP contribution in [0, 0.1) is 20.8 Å². The summed E-state index contributed by atoms with van der Waals surface area (Å²) in [6.45, 7) is 8.33. The minimum absolute atomic E-state index is 0.0907. The van der Waals surface area contributed by atoms with Gasteiger partial charge >= 0.3 is 0 Å². The molecule has 1 heterocycles. The van der Waals surface area contributed by atoms with Crippen LogP contribution >= 0.6 is 11.3 Å². The fourth-order valence-corrected chi connectivity index (χ4v) is 2.87. The average molecular weight is 274 g/mol. The molecule has 4 heteroatoms. The van der Waals surface area contributed by atoms with Gasteiger partial charge in [-0.1, -0.05) is 12.1 Å². The van der Waals surface area contributed by atoms with Gasteiger partial charge in [0, 0.05) is 12.6 Å². The van der Waals surface area contributed by atoms with E-state index in [4.69, 9.17) is 0 Å². The van der Waals surface area contributed by atoms with Gasteiger partial charge in [0.25, 0.3) is 0 Å². The molecule has 3 nitrogen and oxygen atoms in total. The van der Waals surface area contributed by atoms with Gasteiger partial charge in [0.15, 0.2) is 5.78 Å². The van der Waals surface area contributed by atoms with Crippen LogP contribution in [0.3, 0.4) is 0 Å². The summed E-state index contributed by atoms with van der Waals surface area (Å²) in [6.07, 6.45) is 0. The number of nitrogens with one attached hydrogen (secondary N) is 1. The number of aryl methyl sites for hydroxylation is 2. The topological polar surface area (TPSA) is 42.0 Å². The van der Waals surface area contributed by atoms with Crippen molar-refractivity contribution < 1.29 is 4.79 Å². The number of benzene rings is 1. The van der Waals surface area contributed by atoms with Crippen molar-refractivity contribution in [1.82, 2.24) is 4.98 Å². The van der Waals surface area contributed by atoms with Gasteiger partial charge in [-0.25, -0.2) is 4.98 Å². The van der Waals surface area contributed by atoms with Gasteiger partial charge in [-0.15, -0.1) is 11.3 Å². The molecular weight excluding hydrogens is 256 g/mol. The van der Waals surface area contributed by atoms with Gasteiger partial charge in [-0.05, 0) is 38.0 Å². The maximum absolute atomic E-state index is 11.4. The summed E-state index contributed by atoms with van der Waals surface area (Å²) in [5.41, 5.74) is 4.47. The Kier molecular flexibility index (Phi) is 4.00. The fraction of sp³-hybridized carbons (Fsp3) is 0.333. The number of rotatable bonds is 4. The first kappa shape index (κ1) is 13.7. The van der Waals surface area contributed by atoms with Gasteiger partial charge in [-0.2, -0.15) is 0 Å². The Morgan fingerprint density at radius 1 is 1.32 bits per heavy atom. The van der Waals surface area contributed by atoms with E-state index in [0.29, 0.717) is 6.54 Å². The molecule has 2 aromatic rings.